The first-order valence-electron chi connectivity index (χ1n) is 3.94. The SMILES string of the molecule is CCc1cccc(CC)c1.[SiH4]. The second kappa shape index (κ2) is 5.14. The molecule has 0 saturated heterocycles. The molecule has 0 bridgehead atoms. The highest BCUT2D eigenvalue weighted by atomic mass is 28.1. The van der Waals surface area contributed by atoms with Crippen LogP contribution in [0.4, 0.5) is 0 Å². The first kappa shape index (κ1) is 10.4. The molecule has 0 N–H and O–H groups in total. The molecule has 0 amide bonds. The molecule has 0 aromatic heterocycles. The van der Waals surface area contributed by atoms with E-state index < -0.39 is 0 Å². The Labute approximate surface area is 73.7 Å². The van der Waals surface area contributed by atoms with Crippen molar-refractivity contribution in [1.82, 2.24) is 0 Å². The van der Waals surface area contributed by atoms with Crippen LogP contribution in [-0.4, -0.2) is 11.0 Å². The standard InChI is InChI=1S/C10H14.H4Si/c1-3-9-6-5-7-10(4-2)8-9;/h5-8H,3-4H2,1-2H3;1H4. The van der Waals surface area contributed by atoms with Crippen molar-refractivity contribution in [3.8, 4) is 0 Å². The van der Waals surface area contributed by atoms with Crippen LogP contribution in [0.3, 0.4) is 0 Å². The number of rotatable bonds is 2. The Morgan fingerprint density at radius 1 is 1.00 bits per heavy atom. The van der Waals surface area contributed by atoms with E-state index in [1.54, 1.807) is 0 Å². The molecule has 0 fully saturated rings. The zero-order chi connectivity index (χ0) is 7.40. The van der Waals surface area contributed by atoms with Gasteiger partial charge in [0, 0.05) is 0 Å². The summed E-state index contributed by atoms with van der Waals surface area (Å²) in [4.78, 5) is 0. The molecule has 0 unspecified atom stereocenters. The van der Waals surface area contributed by atoms with Crippen molar-refractivity contribution in [2.24, 2.45) is 0 Å². The molecule has 0 aliphatic rings. The Bertz CT molecular complexity index is 187. The number of aryl methyl sites for hydroxylation is 2. The summed E-state index contributed by atoms with van der Waals surface area (Å²) < 4.78 is 0. The summed E-state index contributed by atoms with van der Waals surface area (Å²) in [5, 5.41) is 0. The minimum Gasteiger partial charge on any atom is -0.0617 e. The van der Waals surface area contributed by atoms with Crippen LogP contribution in [0.2, 0.25) is 0 Å². The van der Waals surface area contributed by atoms with Gasteiger partial charge < -0.3 is 0 Å². The molecule has 0 nitrogen and oxygen atoms in total. The van der Waals surface area contributed by atoms with Crippen LogP contribution >= 0.6 is 0 Å². The van der Waals surface area contributed by atoms with Gasteiger partial charge in [0.1, 0.15) is 0 Å². The number of hydrogen-bond acceptors (Lipinski definition) is 0. The fraction of sp³-hybridized carbons (Fsp3) is 0.400. The first-order chi connectivity index (χ1) is 4.86. The lowest BCUT2D eigenvalue weighted by molar-refractivity contribution is 1.09. The summed E-state index contributed by atoms with van der Waals surface area (Å²) in [6.45, 7) is 4.38. The lowest BCUT2D eigenvalue weighted by atomic mass is 10.1. The van der Waals surface area contributed by atoms with Crippen LogP contribution in [0.25, 0.3) is 0 Å². The van der Waals surface area contributed by atoms with Gasteiger partial charge in [-0.05, 0) is 34.9 Å². The quantitative estimate of drug-likeness (QED) is 0.582. The van der Waals surface area contributed by atoms with Crippen LogP contribution in [0, 0.1) is 0 Å². The highest BCUT2D eigenvalue weighted by Crippen LogP contribution is 2.05. The van der Waals surface area contributed by atoms with E-state index in [1.807, 2.05) is 0 Å². The van der Waals surface area contributed by atoms with E-state index in [2.05, 4.69) is 38.1 Å². The van der Waals surface area contributed by atoms with Gasteiger partial charge in [-0.25, -0.2) is 0 Å². The Hall–Kier alpha value is -0.563. The van der Waals surface area contributed by atoms with E-state index in [9.17, 15) is 0 Å². The third-order valence-electron chi connectivity index (χ3n) is 1.81. The molecule has 0 atom stereocenters. The normalized spacial score (nSPS) is 8.91. The molecule has 1 heteroatoms. The van der Waals surface area contributed by atoms with Crippen LogP contribution in [0.1, 0.15) is 25.0 Å². The molecule has 62 valence electrons. The average molecular weight is 166 g/mol. The second-order valence-corrected chi connectivity index (χ2v) is 2.53. The topological polar surface area (TPSA) is 0 Å². The summed E-state index contributed by atoms with van der Waals surface area (Å²) in [7, 11) is 0. The Morgan fingerprint density at radius 2 is 1.45 bits per heavy atom. The van der Waals surface area contributed by atoms with Crippen molar-refractivity contribution in [3.63, 3.8) is 0 Å². The maximum Gasteiger partial charge on any atom is -0.0149 e. The van der Waals surface area contributed by atoms with Gasteiger partial charge in [-0.2, -0.15) is 0 Å². The van der Waals surface area contributed by atoms with E-state index in [0.717, 1.165) is 12.8 Å². The van der Waals surface area contributed by atoms with E-state index in [1.165, 1.54) is 11.1 Å². The van der Waals surface area contributed by atoms with Crippen LogP contribution < -0.4 is 0 Å². The lowest BCUT2D eigenvalue weighted by Gasteiger charge is -1.98. The molecule has 1 rings (SSSR count). The highest BCUT2D eigenvalue weighted by Gasteiger charge is 1.89. The van der Waals surface area contributed by atoms with Crippen molar-refractivity contribution in [2.45, 2.75) is 26.7 Å². The smallest absolute Gasteiger partial charge is 0.0149 e. The molecule has 11 heavy (non-hydrogen) atoms. The molecule has 0 saturated carbocycles. The molecule has 0 aliphatic heterocycles. The van der Waals surface area contributed by atoms with Crippen LogP contribution in [0.15, 0.2) is 24.3 Å². The molecular weight excluding hydrogens is 148 g/mol. The Balaban J connectivity index is 0.000001000. The van der Waals surface area contributed by atoms with Crippen molar-refractivity contribution in [2.75, 3.05) is 0 Å². The van der Waals surface area contributed by atoms with Gasteiger partial charge in [0.05, 0.1) is 0 Å². The van der Waals surface area contributed by atoms with E-state index in [4.69, 9.17) is 0 Å². The van der Waals surface area contributed by atoms with Gasteiger partial charge in [0.2, 0.25) is 0 Å². The highest BCUT2D eigenvalue weighted by molar-refractivity contribution is 5.75. The molecule has 0 spiro atoms. The fourth-order valence-electron chi connectivity index (χ4n) is 1.07. The molecule has 1 aromatic rings. The van der Waals surface area contributed by atoms with Gasteiger partial charge in [-0.3, -0.25) is 0 Å². The maximum absolute atomic E-state index is 2.28. The van der Waals surface area contributed by atoms with Gasteiger partial charge in [0.15, 0.2) is 0 Å². The van der Waals surface area contributed by atoms with Crippen LogP contribution in [0.5, 0.6) is 0 Å². The molecule has 0 aliphatic carbocycles. The van der Waals surface area contributed by atoms with Crippen molar-refractivity contribution < 1.29 is 0 Å². The monoisotopic (exact) mass is 166 g/mol. The van der Waals surface area contributed by atoms with Gasteiger partial charge in [-0.15, -0.1) is 0 Å². The molecule has 0 radical (unpaired) electrons. The average Bonchev–Trinajstić information content (AvgIpc) is 2.05. The number of hydrogen-bond donors (Lipinski definition) is 0. The van der Waals surface area contributed by atoms with Gasteiger partial charge in [0.25, 0.3) is 0 Å². The summed E-state index contributed by atoms with van der Waals surface area (Å²) in [6.07, 6.45) is 2.29. The van der Waals surface area contributed by atoms with Gasteiger partial charge >= 0.3 is 0 Å². The minimum atomic E-state index is 0. The van der Waals surface area contributed by atoms with Gasteiger partial charge in [-0.1, -0.05) is 38.1 Å². The maximum atomic E-state index is 2.28. The van der Waals surface area contributed by atoms with E-state index in [0.29, 0.717) is 0 Å². The Kier molecular flexibility index (Phi) is 4.87. The largest absolute Gasteiger partial charge is 0.0617 e. The van der Waals surface area contributed by atoms with E-state index in [-0.39, 0.29) is 11.0 Å². The lowest BCUT2D eigenvalue weighted by Crippen LogP contribution is -1.83. The van der Waals surface area contributed by atoms with Crippen molar-refractivity contribution in [1.29, 1.82) is 0 Å². The summed E-state index contributed by atoms with van der Waals surface area (Å²) in [6, 6.07) is 8.77. The predicted molar refractivity (Wildman–Crippen MR) is 56.5 cm³/mol. The van der Waals surface area contributed by atoms with Crippen molar-refractivity contribution >= 4 is 11.0 Å². The molecule has 1 aromatic carbocycles. The predicted octanol–water partition coefficient (Wildman–Crippen LogP) is 1.36. The zero-order valence-corrected chi connectivity index (χ0v) is 6.72. The molecular formula is C10H18Si. The summed E-state index contributed by atoms with van der Waals surface area (Å²) in [5.41, 5.74) is 2.89. The van der Waals surface area contributed by atoms with E-state index >= 15 is 0 Å². The third-order valence-corrected chi connectivity index (χ3v) is 1.81. The van der Waals surface area contributed by atoms with Crippen LogP contribution in [-0.2, 0) is 12.8 Å². The number of benzene rings is 1. The van der Waals surface area contributed by atoms with Crippen molar-refractivity contribution in [3.05, 3.63) is 35.4 Å². The summed E-state index contributed by atoms with van der Waals surface area (Å²) >= 11 is 0. The molecule has 0 heterocycles. The Morgan fingerprint density at radius 3 is 1.82 bits per heavy atom. The fourth-order valence-corrected chi connectivity index (χ4v) is 1.07. The summed E-state index contributed by atoms with van der Waals surface area (Å²) in [5.74, 6) is 0. The first-order valence-corrected chi connectivity index (χ1v) is 3.94. The zero-order valence-electron chi connectivity index (χ0n) is 6.72. The minimum absolute atomic E-state index is 0. The third kappa shape index (κ3) is 2.89. The second-order valence-electron chi connectivity index (χ2n) is 2.53.